The molecule has 2 aromatic heterocycles. The van der Waals surface area contributed by atoms with E-state index in [4.69, 9.17) is 33.6 Å². The first-order valence-corrected chi connectivity index (χ1v) is 10.4. The number of rotatable bonds is 5. The Morgan fingerprint density at radius 3 is 2.38 bits per heavy atom. The second-order valence-corrected chi connectivity index (χ2v) is 7.61. The molecule has 4 N–H and O–H groups in total. The van der Waals surface area contributed by atoms with Crippen LogP contribution in [0.4, 0.5) is 8.78 Å². The van der Waals surface area contributed by atoms with Crippen molar-refractivity contribution in [3.8, 4) is 0 Å². The summed E-state index contributed by atoms with van der Waals surface area (Å²) in [5.74, 6) is -1.49. The van der Waals surface area contributed by atoms with E-state index in [1.807, 2.05) is 0 Å². The third kappa shape index (κ3) is 5.81. The van der Waals surface area contributed by atoms with E-state index in [2.05, 4.69) is 9.97 Å². The van der Waals surface area contributed by atoms with Gasteiger partial charge in [-0.05, 0) is 12.1 Å². The lowest BCUT2D eigenvalue weighted by Gasteiger charge is -2.17. The van der Waals surface area contributed by atoms with Gasteiger partial charge in [0.25, 0.3) is 0 Å². The van der Waals surface area contributed by atoms with Gasteiger partial charge in [0.2, 0.25) is 0 Å². The first-order chi connectivity index (χ1) is 15.9. The predicted molar refractivity (Wildman–Crippen MR) is 91.0 cm³/mol. The summed E-state index contributed by atoms with van der Waals surface area (Å²) < 4.78 is 68.4. The Kier molecular flexibility index (Phi) is 7.76. The monoisotopic (exact) mass is 508 g/mol. The van der Waals surface area contributed by atoms with E-state index < -0.39 is 53.0 Å². The van der Waals surface area contributed by atoms with Crippen LogP contribution in [0.25, 0.3) is 11.2 Å². The van der Waals surface area contributed by atoms with Gasteiger partial charge in [0.05, 0.1) is 12.9 Å². The van der Waals surface area contributed by atoms with Gasteiger partial charge in [0.1, 0.15) is 42.9 Å². The highest BCUT2D eigenvalue weighted by molar-refractivity contribution is 5.68. The molecule has 1 aliphatic rings. The van der Waals surface area contributed by atoms with E-state index in [1.165, 1.54) is 17.0 Å². The lowest BCUT2D eigenvalue weighted by atomic mass is 10.1. The standard InChI is InChI=1S/C17H17F2N5O5.ClHO4/c18-9-2-1-8(10(19)3-9)5-28-24-7-22-16-12(15(24)20)21-6-23(16)17-14(27)13(26)11(4-25)29-17;2-1(3,4)5/h1-3,6-7,11,13-14,17,20,25-27H,4-5H2;(H,2,3,4,5)/p-1/t11-,13-,14-,17-;/m1./s1. The molecule has 14 nitrogen and oxygen atoms in total. The Morgan fingerprint density at radius 1 is 1.12 bits per heavy atom. The second kappa shape index (κ2) is 10.2. The predicted octanol–water partition coefficient (Wildman–Crippen LogP) is -5.53. The van der Waals surface area contributed by atoms with Gasteiger partial charge in [-0.2, -0.15) is 4.73 Å². The third-order valence-corrected chi connectivity index (χ3v) is 4.66. The van der Waals surface area contributed by atoms with E-state index in [9.17, 15) is 24.1 Å². The number of hydrogen-bond acceptors (Lipinski definition) is 12. The SMILES string of the molecule is N=c1c2ncn([C@@H]3O[C@H](CO)[C@@H](O)[C@H]3O)c2ncn1OCc1ccc(F)cc1F.[O-][Cl+3]([O-])([O-])[O-]. The maximum absolute atomic E-state index is 13.7. The zero-order valence-corrected chi connectivity index (χ0v) is 17.6. The molecule has 1 fully saturated rings. The molecule has 0 spiro atoms. The van der Waals surface area contributed by atoms with Crippen molar-refractivity contribution in [3.05, 3.63) is 53.5 Å². The molecule has 17 heteroatoms. The number of imidazole rings is 1. The normalized spacial score (nSPS) is 22.5. The number of hydrogen-bond donors (Lipinski definition) is 4. The minimum atomic E-state index is -4.94. The number of benzene rings is 1. The number of nitrogens with one attached hydrogen (secondary N) is 1. The minimum absolute atomic E-state index is 0.0930. The van der Waals surface area contributed by atoms with Crippen LogP contribution in [0.2, 0.25) is 0 Å². The summed E-state index contributed by atoms with van der Waals surface area (Å²) in [4.78, 5) is 13.6. The number of aliphatic hydroxyl groups excluding tert-OH is 3. The summed E-state index contributed by atoms with van der Waals surface area (Å²) in [7, 11) is -4.94. The molecule has 4 rings (SSSR count). The van der Waals surface area contributed by atoms with Crippen LogP contribution in [0.15, 0.2) is 30.9 Å². The van der Waals surface area contributed by atoms with Crippen molar-refractivity contribution >= 4 is 11.2 Å². The van der Waals surface area contributed by atoms with Crippen LogP contribution in [0.1, 0.15) is 11.8 Å². The Labute approximate surface area is 190 Å². The van der Waals surface area contributed by atoms with Crippen molar-refractivity contribution in [2.24, 2.45) is 0 Å². The van der Waals surface area contributed by atoms with Crippen molar-refractivity contribution in [3.63, 3.8) is 0 Å². The van der Waals surface area contributed by atoms with Crippen LogP contribution in [0.5, 0.6) is 0 Å². The van der Waals surface area contributed by atoms with E-state index in [-0.39, 0.29) is 28.8 Å². The molecule has 34 heavy (non-hydrogen) atoms. The van der Waals surface area contributed by atoms with Crippen LogP contribution in [-0.4, -0.2) is 59.5 Å². The fourth-order valence-corrected chi connectivity index (χ4v) is 3.09. The number of halogens is 3. The first kappa shape index (κ1) is 25.8. The molecule has 0 unspecified atom stereocenters. The van der Waals surface area contributed by atoms with E-state index in [0.29, 0.717) is 0 Å². The molecule has 4 atom stereocenters. The lowest BCUT2D eigenvalue weighted by molar-refractivity contribution is -2.00. The molecule has 0 radical (unpaired) electrons. The van der Waals surface area contributed by atoms with Crippen LogP contribution in [0, 0.1) is 27.3 Å². The molecule has 3 aromatic rings. The maximum Gasteiger partial charge on any atom is 0.192 e. The highest BCUT2D eigenvalue weighted by Gasteiger charge is 2.44. The van der Waals surface area contributed by atoms with Crippen LogP contribution in [0.3, 0.4) is 0 Å². The maximum atomic E-state index is 13.7. The van der Waals surface area contributed by atoms with Crippen molar-refractivity contribution in [1.29, 1.82) is 5.41 Å². The zero-order chi connectivity index (χ0) is 25.2. The quantitative estimate of drug-likeness (QED) is 0.254. The van der Waals surface area contributed by atoms with Crippen molar-refractivity contribution in [2.75, 3.05) is 6.61 Å². The summed E-state index contributed by atoms with van der Waals surface area (Å²) in [6.45, 7) is -0.752. The Balaban J connectivity index is 0.000000588. The summed E-state index contributed by atoms with van der Waals surface area (Å²) in [5.41, 5.74) is 0.168. The average Bonchev–Trinajstić information content (AvgIpc) is 3.29. The summed E-state index contributed by atoms with van der Waals surface area (Å²) in [6.07, 6.45) is -2.20. The molecular formula is C17H17ClF2N5O9-. The third-order valence-electron chi connectivity index (χ3n) is 4.66. The average molecular weight is 509 g/mol. The first-order valence-electron chi connectivity index (χ1n) is 9.21. The fraction of sp³-hybridized carbons (Fsp3) is 0.353. The van der Waals surface area contributed by atoms with E-state index in [0.717, 1.165) is 23.2 Å². The van der Waals surface area contributed by atoms with Gasteiger partial charge in [0, 0.05) is 11.6 Å². The van der Waals surface area contributed by atoms with Crippen molar-refractivity contribution in [2.45, 2.75) is 31.1 Å². The number of nitrogens with zero attached hydrogens (tertiary/aromatic N) is 4. The summed E-state index contributed by atoms with van der Waals surface area (Å²) in [5, 5.41) is 37.5. The fourth-order valence-electron chi connectivity index (χ4n) is 3.09. The molecule has 1 aromatic carbocycles. The molecule has 3 heterocycles. The smallest absolute Gasteiger partial charge is 0.192 e. The summed E-state index contributed by atoms with van der Waals surface area (Å²) >= 11 is 0. The Morgan fingerprint density at radius 2 is 1.79 bits per heavy atom. The van der Waals surface area contributed by atoms with Gasteiger partial charge < -0.3 is 24.9 Å². The van der Waals surface area contributed by atoms with Crippen LogP contribution < -0.4 is 29.0 Å². The zero-order valence-electron chi connectivity index (χ0n) is 16.8. The van der Waals surface area contributed by atoms with E-state index >= 15 is 0 Å². The largest absolute Gasteiger partial charge is 0.406 e. The summed E-state index contributed by atoms with van der Waals surface area (Å²) in [6, 6.07) is 3.06. The lowest BCUT2D eigenvalue weighted by Crippen LogP contribution is -2.68. The molecule has 1 saturated heterocycles. The molecule has 0 saturated carbocycles. The minimum Gasteiger partial charge on any atom is -0.406 e. The number of aromatic nitrogens is 4. The van der Waals surface area contributed by atoms with Gasteiger partial charge in [-0.15, -0.1) is 10.2 Å². The Hall–Kier alpha value is -2.80. The molecule has 1 aliphatic heterocycles. The number of aliphatic hydroxyl groups is 3. The highest BCUT2D eigenvalue weighted by Crippen LogP contribution is 2.30. The van der Waals surface area contributed by atoms with Gasteiger partial charge in [-0.25, -0.2) is 37.4 Å². The van der Waals surface area contributed by atoms with Gasteiger partial charge >= 0.3 is 0 Å². The number of fused-ring (bicyclic) bond motifs is 1. The molecular weight excluding hydrogens is 492 g/mol. The van der Waals surface area contributed by atoms with Crippen LogP contribution in [-0.2, 0) is 11.3 Å². The molecule has 0 aliphatic carbocycles. The molecule has 0 amide bonds. The van der Waals surface area contributed by atoms with Gasteiger partial charge in [-0.1, -0.05) is 0 Å². The van der Waals surface area contributed by atoms with E-state index in [1.54, 1.807) is 0 Å². The van der Waals surface area contributed by atoms with Gasteiger partial charge in [-0.3, -0.25) is 9.98 Å². The molecule has 186 valence electrons. The van der Waals surface area contributed by atoms with Crippen molar-refractivity contribution < 1.29 is 62.6 Å². The van der Waals surface area contributed by atoms with Crippen LogP contribution >= 0.6 is 0 Å². The second-order valence-electron chi connectivity index (χ2n) is 6.86. The topological polar surface area (TPSA) is 231 Å². The Bertz CT molecular complexity index is 1200. The molecule has 0 bridgehead atoms. The van der Waals surface area contributed by atoms with Crippen molar-refractivity contribution in [1.82, 2.24) is 19.3 Å². The van der Waals surface area contributed by atoms with Gasteiger partial charge in [0.15, 0.2) is 22.9 Å². The highest BCUT2D eigenvalue weighted by atomic mass is 35.7. The number of ether oxygens (including phenoxy) is 1.